The van der Waals surface area contributed by atoms with E-state index in [-0.39, 0.29) is 5.41 Å². The molecule has 19 heavy (non-hydrogen) atoms. The van der Waals surface area contributed by atoms with Crippen molar-refractivity contribution in [2.24, 2.45) is 5.92 Å². The second kappa shape index (κ2) is 5.35. The zero-order valence-electron chi connectivity index (χ0n) is 12.8. The predicted octanol–water partition coefficient (Wildman–Crippen LogP) is 3.34. The minimum atomic E-state index is -0.0355. The Hall–Kier alpha value is -1.32. The van der Waals surface area contributed by atoms with Gasteiger partial charge in [0, 0.05) is 24.6 Å². The van der Waals surface area contributed by atoms with E-state index in [1.54, 1.807) is 0 Å². The molecule has 0 saturated heterocycles. The lowest BCUT2D eigenvalue weighted by molar-refractivity contribution is 0.333. The van der Waals surface area contributed by atoms with E-state index < -0.39 is 0 Å². The molecule has 0 aromatic carbocycles. The smallest absolute Gasteiger partial charge is 0.138 e. The van der Waals surface area contributed by atoms with Crippen LogP contribution in [0.25, 0.3) is 0 Å². The van der Waals surface area contributed by atoms with Crippen LogP contribution in [0.15, 0.2) is 0 Å². The van der Waals surface area contributed by atoms with Crippen molar-refractivity contribution >= 4 is 11.6 Å². The maximum Gasteiger partial charge on any atom is 0.138 e. The summed E-state index contributed by atoms with van der Waals surface area (Å²) in [4.78, 5) is 9.34. The zero-order chi connectivity index (χ0) is 14.0. The first-order valence-electron chi connectivity index (χ1n) is 7.22. The van der Waals surface area contributed by atoms with Crippen LogP contribution in [0.3, 0.4) is 0 Å². The molecule has 0 unspecified atom stereocenters. The average molecular weight is 262 g/mol. The summed E-state index contributed by atoms with van der Waals surface area (Å²) in [7, 11) is 1.91. The van der Waals surface area contributed by atoms with Crippen molar-refractivity contribution in [3.05, 3.63) is 11.4 Å². The van der Waals surface area contributed by atoms with Crippen molar-refractivity contribution in [1.29, 1.82) is 0 Å². The molecule has 0 bridgehead atoms. The zero-order valence-corrected chi connectivity index (χ0v) is 12.8. The standard InChI is InChI=1S/C15H26N4/c1-10-12(16-5)18-14(15(2,3)4)19-13(10)17-9-11-7-6-8-11/h11H,6-9H2,1-5H3,(H2,16,17,18,19). The van der Waals surface area contributed by atoms with Gasteiger partial charge >= 0.3 is 0 Å². The third kappa shape index (κ3) is 3.17. The molecule has 0 atom stereocenters. The first kappa shape index (κ1) is 14.1. The molecule has 1 aliphatic rings. The highest BCUT2D eigenvalue weighted by Gasteiger charge is 2.22. The fraction of sp³-hybridized carbons (Fsp3) is 0.733. The molecule has 1 saturated carbocycles. The van der Waals surface area contributed by atoms with E-state index in [1.165, 1.54) is 19.3 Å². The Bertz CT molecular complexity index is 444. The summed E-state index contributed by atoms with van der Waals surface area (Å²) in [5, 5.41) is 6.68. The topological polar surface area (TPSA) is 49.8 Å². The molecule has 2 rings (SSSR count). The molecule has 1 aromatic heterocycles. The Morgan fingerprint density at radius 1 is 1.16 bits per heavy atom. The van der Waals surface area contributed by atoms with E-state index in [0.29, 0.717) is 0 Å². The first-order chi connectivity index (χ1) is 8.91. The van der Waals surface area contributed by atoms with E-state index in [0.717, 1.165) is 35.5 Å². The molecule has 1 aliphatic carbocycles. The Labute approximate surface area is 116 Å². The van der Waals surface area contributed by atoms with E-state index in [1.807, 2.05) is 7.05 Å². The van der Waals surface area contributed by atoms with Gasteiger partial charge in [0.05, 0.1) is 0 Å². The largest absolute Gasteiger partial charge is 0.373 e. The molecule has 0 radical (unpaired) electrons. The van der Waals surface area contributed by atoms with Crippen LogP contribution < -0.4 is 10.6 Å². The molecule has 0 amide bonds. The second-order valence-corrected chi connectivity index (χ2v) is 6.55. The average Bonchev–Trinajstić information content (AvgIpc) is 2.27. The summed E-state index contributed by atoms with van der Waals surface area (Å²) in [5.74, 6) is 3.62. The molecular formula is C15H26N4. The third-order valence-corrected chi connectivity index (χ3v) is 3.84. The van der Waals surface area contributed by atoms with Crippen LogP contribution in [-0.4, -0.2) is 23.6 Å². The fourth-order valence-corrected chi connectivity index (χ4v) is 2.21. The van der Waals surface area contributed by atoms with E-state index in [4.69, 9.17) is 4.98 Å². The van der Waals surface area contributed by atoms with Crippen LogP contribution in [0.4, 0.5) is 11.6 Å². The van der Waals surface area contributed by atoms with E-state index in [2.05, 4.69) is 43.3 Å². The molecule has 106 valence electrons. The van der Waals surface area contributed by atoms with Gasteiger partial charge < -0.3 is 10.6 Å². The molecule has 1 heterocycles. The van der Waals surface area contributed by atoms with Crippen LogP contribution in [0, 0.1) is 12.8 Å². The summed E-state index contributed by atoms with van der Waals surface area (Å²) < 4.78 is 0. The monoisotopic (exact) mass is 262 g/mol. The van der Waals surface area contributed by atoms with Gasteiger partial charge in [-0.3, -0.25) is 0 Å². The van der Waals surface area contributed by atoms with E-state index in [9.17, 15) is 0 Å². The summed E-state index contributed by atoms with van der Waals surface area (Å²) in [6, 6.07) is 0. The maximum atomic E-state index is 4.72. The third-order valence-electron chi connectivity index (χ3n) is 3.84. The minimum Gasteiger partial charge on any atom is -0.373 e. The van der Waals surface area contributed by atoms with Gasteiger partial charge in [0.15, 0.2) is 0 Å². The van der Waals surface area contributed by atoms with Gasteiger partial charge in [0.25, 0.3) is 0 Å². The molecule has 1 aromatic rings. The van der Waals surface area contributed by atoms with Crippen LogP contribution in [-0.2, 0) is 5.41 Å². The Morgan fingerprint density at radius 2 is 1.79 bits per heavy atom. The van der Waals surface area contributed by atoms with Crippen molar-refractivity contribution in [3.8, 4) is 0 Å². The highest BCUT2D eigenvalue weighted by molar-refractivity contribution is 5.57. The fourth-order valence-electron chi connectivity index (χ4n) is 2.21. The number of nitrogens with zero attached hydrogens (tertiary/aromatic N) is 2. The van der Waals surface area contributed by atoms with Crippen LogP contribution in [0.1, 0.15) is 51.4 Å². The van der Waals surface area contributed by atoms with E-state index >= 15 is 0 Å². The van der Waals surface area contributed by atoms with Crippen molar-refractivity contribution < 1.29 is 0 Å². The van der Waals surface area contributed by atoms with Gasteiger partial charge in [-0.05, 0) is 25.7 Å². The number of aromatic nitrogens is 2. The minimum absolute atomic E-state index is 0.0355. The Balaban J connectivity index is 2.23. The number of nitrogens with one attached hydrogen (secondary N) is 2. The summed E-state index contributed by atoms with van der Waals surface area (Å²) in [6.07, 6.45) is 4.08. The van der Waals surface area contributed by atoms with Gasteiger partial charge in [-0.15, -0.1) is 0 Å². The van der Waals surface area contributed by atoms with Crippen LogP contribution in [0.2, 0.25) is 0 Å². The van der Waals surface area contributed by atoms with Crippen molar-refractivity contribution in [3.63, 3.8) is 0 Å². The molecule has 1 fully saturated rings. The number of hydrogen-bond donors (Lipinski definition) is 2. The lowest BCUT2D eigenvalue weighted by atomic mass is 9.85. The van der Waals surface area contributed by atoms with Gasteiger partial charge in [0.1, 0.15) is 17.5 Å². The second-order valence-electron chi connectivity index (χ2n) is 6.55. The molecule has 0 aliphatic heterocycles. The summed E-state index contributed by atoms with van der Waals surface area (Å²) >= 11 is 0. The van der Waals surface area contributed by atoms with Gasteiger partial charge in [-0.2, -0.15) is 0 Å². The van der Waals surface area contributed by atoms with Crippen LogP contribution >= 0.6 is 0 Å². The SMILES string of the molecule is CNc1nc(C(C)(C)C)nc(NCC2CCC2)c1C. The maximum absolute atomic E-state index is 4.72. The van der Waals surface area contributed by atoms with Gasteiger partial charge in [0.2, 0.25) is 0 Å². The molecule has 2 N–H and O–H groups in total. The summed E-state index contributed by atoms with van der Waals surface area (Å²) in [6.45, 7) is 9.54. The predicted molar refractivity (Wildman–Crippen MR) is 80.8 cm³/mol. The van der Waals surface area contributed by atoms with Gasteiger partial charge in [-0.1, -0.05) is 27.2 Å². The quantitative estimate of drug-likeness (QED) is 0.874. The van der Waals surface area contributed by atoms with Crippen LogP contribution in [0.5, 0.6) is 0 Å². The normalized spacial score (nSPS) is 16.1. The van der Waals surface area contributed by atoms with Crippen molar-refractivity contribution in [2.75, 3.05) is 24.2 Å². The highest BCUT2D eigenvalue weighted by Crippen LogP contribution is 2.29. The molecule has 0 spiro atoms. The molecule has 4 nitrogen and oxygen atoms in total. The Kier molecular flexibility index (Phi) is 3.97. The molecular weight excluding hydrogens is 236 g/mol. The van der Waals surface area contributed by atoms with Gasteiger partial charge in [-0.25, -0.2) is 9.97 Å². The number of anilines is 2. The van der Waals surface area contributed by atoms with Crippen molar-refractivity contribution in [1.82, 2.24) is 9.97 Å². The number of rotatable bonds is 4. The highest BCUT2D eigenvalue weighted by atomic mass is 15.1. The Morgan fingerprint density at radius 3 is 2.26 bits per heavy atom. The molecule has 4 heteroatoms. The lowest BCUT2D eigenvalue weighted by Crippen LogP contribution is -2.24. The summed E-state index contributed by atoms with van der Waals surface area (Å²) in [5.41, 5.74) is 1.07. The first-order valence-corrected chi connectivity index (χ1v) is 7.22. The lowest BCUT2D eigenvalue weighted by Gasteiger charge is -2.27. The van der Waals surface area contributed by atoms with Crippen molar-refractivity contribution in [2.45, 2.75) is 52.4 Å². The number of hydrogen-bond acceptors (Lipinski definition) is 4.